The van der Waals surface area contributed by atoms with Crippen LogP contribution in [0, 0.1) is 6.92 Å². The van der Waals surface area contributed by atoms with Crippen molar-refractivity contribution in [2.24, 2.45) is 0 Å². The molecule has 4 aromatic rings. The van der Waals surface area contributed by atoms with Gasteiger partial charge in [-0.3, -0.25) is 23.7 Å². The smallest absolute Gasteiger partial charge is 0.308 e. The van der Waals surface area contributed by atoms with Crippen LogP contribution in [0.1, 0.15) is 95.4 Å². The van der Waals surface area contributed by atoms with Crippen LogP contribution in [-0.4, -0.2) is 108 Å². The van der Waals surface area contributed by atoms with Crippen molar-refractivity contribution in [3.05, 3.63) is 94.3 Å². The van der Waals surface area contributed by atoms with E-state index in [2.05, 4.69) is 44.6 Å². The average Bonchev–Trinajstić information content (AvgIpc) is 3.71. The molecule has 15 heteroatoms. The van der Waals surface area contributed by atoms with Crippen molar-refractivity contribution in [2.75, 3.05) is 59.3 Å². The first-order chi connectivity index (χ1) is 32.0. The summed E-state index contributed by atoms with van der Waals surface area (Å²) in [6.45, 7) is 18.2. The highest BCUT2D eigenvalue weighted by molar-refractivity contribution is 7.84. The summed E-state index contributed by atoms with van der Waals surface area (Å²) in [6.07, 6.45) is 9.73. The Hall–Kier alpha value is -4.73. The topological polar surface area (TPSA) is 146 Å². The molecule has 362 valence electrons. The van der Waals surface area contributed by atoms with Gasteiger partial charge in [0, 0.05) is 68.4 Å². The molecule has 1 N–H and O–H groups in total. The van der Waals surface area contributed by atoms with E-state index in [4.69, 9.17) is 40.1 Å². The number of fused-ring (bicyclic) bond motifs is 1. The fraction of sp³-hybridized carbons (Fsp3) is 0.510. The van der Waals surface area contributed by atoms with Gasteiger partial charge in [0.1, 0.15) is 37.4 Å². The van der Waals surface area contributed by atoms with E-state index in [0.29, 0.717) is 78.7 Å². The number of β-amino-alcohol motifs (C(OH)–C–C–N with tert-alkyl or cyclic N) is 1. The van der Waals surface area contributed by atoms with Gasteiger partial charge in [0.15, 0.2) is 11.5 Å². The molecule has 3 aromatic carbocycles. The molecule has 3 aliphatic heterocycles. The Balaban J connectivity index is 0.00000111. The number of piperidine rings is 1. The third kappa shape index (κ3) is 16.0. The molecule has 2 fully saturated rings. The maximum absolute atomic E-state index is 12.1. The summed E-state index contributed by atoms with van der Waals surface area (Å²) in [7, 11) is 0.172. The number of methoxy groups -OCH3 is 1. The largest absolute Gasteiger partial charge is 0.488 e. The number of esters is 1. The van der Waals surface area contributed by atoms with E-state index in [9.17, 15) is 14.1 Å². The summed E-state index contributed by atoms with van der Waals surface area (Å²) in [4.78, 5) is 30.5. The lowest BCUT2D eigenvalue weighted by atomic mass is 9.96. The zero-order valence-corrected chi connectivity index (χ0v) is 41.6. The van der Waals surface area contributed by atoms with E-state index in [0.717, 1.165) is 66.0 Å². The number of pyridine rings is 1. The van der Waals surface area contributed by atoms with Crippen LogP contribution in [0.25, 0.3) is 11.1 Å². The molecular weight excluding hydrogens is 882 g/mol. The molecule has 0 bridgehead atoms. The Bertz CT molecular complexity index is 2170. The maximum Gasteiger partial charge on any atom is 0.308 e. The van der Waals surface area contributed by atoms with Crippen LogP contribution in [-0.2, 0) is 49.6 Å². The van der Waals surface area contributed by atoms with Gasteiger partial charge in [0.25, 0.3) is 6.47 Å². The Morgan fingerprint density at radius 3 is 2.41 bits per heavy atom. The highest BCUT2D eigenvalue weighted by Gasteiger charge is 2.38. The third-order valence-electron chi connectivity index (χ3n) is 11.3. The first kappa shape index (κ1) is 53.9. The van der Waals surface area contributed by atoms with Gasteiger partial charge in [-0.1, -0.05) is 70.0 Å². The van der Waals surface area contributed by atoms with Crippen LogP contribution in [0.15, 0.2) is 71.9 Å². The predicted octanol–water partition coefficient (Wildman–Crippen LogP) is 9.35. The molecule has 0 amide bonds. The summed E-state index contributed by atoms with van der Waals surface area (Å²) in [5.74, 6) is 2.28. The van der Waals surface area contributed by atoms with Crippen LogP contribution in [0.4, 0.5) is 0 Å². The van der Waals surface area contributed by atoms with E-state index in [-0.39, 0.29) is 25.1 Å². The third-order valence-corrected chi connectivity index (χ3v) is 12.5. The standard InChI is InChI=1S/C45H54ClN3O8S.C2H4O2.2C2H6/c1-4-53-44(50)23-45(51)14-18-49(30-45)17-13-36-29-56-40-12-11-33(21-43(40)57-36)38-10-8-9-34(31(38)2)28-55-42-22-41(54-27-32-19-37(58(3)52)25-47-24-32)35(20-39(42)46)26-48-15-6-5-7-16-48;1-4-2-3;2*1-2/h8-12,19-22,24-25,36,51H,4-7,13-18,23,26-30H2,1-3H3;2H,1H3;2*1-2H3. The fourth-order valence-electron chi connectivity index (χ4n) is 7.98. The van der Waals surface area contributed by atoms with Crippen molar-refractivity contribution >= 4 is 34.8 Å². The van der Waals surface area contributed by atoms with Gasteiger partial charge in [-0.2, -0.15) is 0 Å². The maximum atomic E-state index is 12.1. The number of halogens is 1. The fourth-order valence-corrected chi connectivity index (χ4v) is 8.75. The van der Waals surface area contributed by atoms with Crippen LogP contribution < -0.4 is 18.9 Å². The minimum atomic E-state index is -1.14. The van der Waals surface area contributed by atoms with Crippen molar-refractivity contribution in [3.63, 3.8) is 0 Å². The number of hydrogen-bond acceptors (Lipinski definition) is 13. The summed E-state index contributed by atoms with van der Waals surface area (Å²) < 4.78 is 46.4. The number of carbonyl (C=O) groups is 2. The molecule has 0 spiro atoms. The molecule has 3 atom stereocenters. The lowest BCUT2D eigenvalue weighted by molar-refractivity contribution is -0.148. The lowest BCUT2D eigenvalue weighted by Gasteiger charge is -2.29. The minimum absolute atomic E-state index is 0.0124. The zero-order chi connectivity index (χ0) is 48.1. The van der Waals surface area contributed by atoms with E-state index < -0.39 is 16.4 Å². The molecule has 4 heterocycles. The van der Waals surface area contributed by atoms with Crippen molar-refractivity contribution in [3.8, 4) is 34.1 Å². The number of rotatable bonds is 17. The van der Waals surface area contributed by atoms with Crippen molar-refractivity contribution in [1.29, 1.82) is 0 Å². The first-order valence-electron chi connectivity index (χ1n) is 23.1. The van der Waals surface area contributed by atoms with Gasteiger partial charge >= 0.3 is 5.97 Å². The number of aromatic nitrogens is 1. The van der Waals surface area contributed by atoms with Crippen molar-refractivity contribution in [1.82, 2.24) is 14.8 Å². The molecule has 13 nitrogen and oxygen atoms in total. The van der Waals surface area contributed by atoms with Crippen LogP contribution in [0.2, 0.25) is 5.02 Å². The van der Waals surface area contributed by atoms with Crippen LogP contribution in [0.5, 0.6) is 23.0 Å². The highest BCUT2D eigenvalue weighted by Crippen LogP contribution is 2.39. The van der Waals surface area contributed by atoms with E-state index in [1.807, 2.05) is 64.1 Å². The van der Waals surface area contributed by atoms with Crippen LogP contribution >= 0.6 is 11.6 Å². The summed E-state index contributed by atoms with van der Waals surface area (Å²) in [5.41, 5.74) is 4.94. The van der Waals surface area contributed by atoms with E-state index in [1.54, 1.807) is 25.6 Å². The minimum Gasteiger partial charge on any atom is -0.488 e. The molecule has 1 aromatic heterocycles. The Morgan fingerprint density at radius 1 is 0.955 bits per heavy atom. The molecule has 7 rings (SSSR count). The lowest BCUT2D eigenvalue weighted by Crippen LogP contribution is -2.38. The summed E-state index contributed by atoms with van der Waals surface area (Å²) >= 11 is 6.91. The monoisotopic (exact) mass is 951 g/mol. The van der Waals surface area contributed by atoms with E-state index >= 15 is 0 Å². The number of nitrogens with zero attached hydrogens (tertiary/aromatic N) is 3. The molecular formula is C51H70ClN3O10S. The van der Waals surface area contributed by atoms with Crippen LogP contribution in [0.3, 0.4) is 0 Å². The number of carbonyl (C=O) groups excluding carboxylic acids is 2. The molecule has 0 aliphatic carbocycles. The second-order valence-electron chi connectivity index (χ2n) is 15.9. The number of benzene rings is 3. The SMILES string of the molecule is CC.CC.CCOC(=O)CC1(O)CCN(CCC2COc3ccc(-c4cccc(COc5cc(OCc6cncc(S(C)=O)c6)c(CN6CCCCC6)cc5Cl)c4C)cc3O2)C1.COC=O. The van der Waals surface area contributed by atoms with Gasteiger partial charge in [0.05, 0.1) is 46.5 Å². The normalized spacial score (nSPS) is 18.2. The summed E-state index contributed by atoms with van der Waals surface area (Å²) in [5, 5.41) is 11.5. The number of aliphatic hydroxyl groups is 1. The Kier molecular flexibility index (Phi) is 22.7. The Labute approximate surface area is 399 Å². The quantitative estimate of drug-likeness (QED) is 0.0793. The number of likely N-dealkylation sites (tertiary alicyclic amines) is 2. The Morgan fingerprint density at radius 2 is 1.70 bits per heavy atom. The average molecular weight is 953 g/mol. The highest BCUT2D eigenvalue weighted by atomic mass is 35.5. The van der Waals surface area contributed by atoms with E-state index in [1.165, 1.54) is 26.4 Å². The second-order valence-corrected chi connectivity index (χ2v) is 17.7. The van der Waals surface area contributed by atoms with Gasteiger partial charge in [0.2, 0.25) is 0 Å². The summed E-state index contributed by atoms with van der Waals surface area (Å²) in [6, 6.07) is 17.9. The first-order valence-corrected chi connectivity index (χ1v) is 25.1. The number of hydrogen-bond donors (Lipinski definition) is 1. The molecule has 2 saturated heterocycles. The second kappa shape index (κ2) is 27.8. The molecule has 66 heavy (non-hydrogen) atoms. The van der Waals surface area contributed by atoms with Crippen molar-refractivity contribution < 1.29 is 47.3 Å². The molecule has 3 unspecified atom stereocenters. The molecule has 0 saturated carbocycles. The van der Waals surface area contributed by atoms with Gasteiger partial charge < -0.3 is 38.4 Å². The van der Waals surface area contributed by atoms with Crippen molar-refractivity contribution in [2.45, 2.75) is 116 Å². The predicted molar refractivity (Wildman–Crippen MR) is 260 cm³/mol. The molecule has 3 aliphatic rings. The van der Waals surface area contributed by atoms with Gasteiger partial charge in [-0.15, -0.1) is 0 Å². The van der Waals surface area contributed by atoms with Gasteiger partial charge in [-0.05, 0) is 92.7 Å². The zero-order valence-electron chi connectivity index (χ0n) is 40.1. The number of ether oxygens (including phenoxy) is 6. The molecule has 0 radical (unpaired) electrons. The van der Waals surface area contributed by atoms with Gasteiger partial charge in [-0.25, -0.2) is 0 Å².